The first-order valence-electron chi connectivity index (χ1n) is 4.03. The van der Waals surface area contributed by atoms with Gasteiger partial charge in [0.25, 0.3) is 0 Å². The zero-order valence-electron chi connectivity index (χ0n) is 7.73. The number of hydrogen-bond acceptors (Lipinski definition) is 4. The predicted octanol–water partition coefficient (Wildman–Crippen LogP) is 1.01. The molecule has 1 heterocycles. The molecule has 0 spiro atoms. The highest BCUT2D eigenvalue weighted by Gasteiger charge is 2.17. The molecule has 0 aliphatic rings. The summed E-state index contributed by atoms with van der Waals surface area (Å²) in [6.07, 6.45) is 0. The molecule has 0 aliphatic heterocycles. The van der Waals surface area contributed by atoms with Crippen LogP contribution >= 0.6 is 15.9 Å². The molecule has 0 saturated carbocycles. The summed E-state index contributed by atoms with van der Waals surface area (Å²) in [4.78, 5) is 10.9. The van der Waals surface area contributed by atoms with Gasteiger partial charge in [0.05, 0.1) is 11.3 Å². The number of nitrogens with two attached hydrogens (primary N) is 1. The average molecular weight is 271 g/mol. The molecule has 0 bridgehead atoms. The van der Waals surface area contributed by atoms with E-state index in [4.69, 9.17) is 10.8 Å². The van der Waals surface area contributed by atoms with Crippen LogP contribution in [0.15, 0.2) is 10.5 Å². The van der Waals surface area contributed by atoms with E-state index in [1.54, 1.807) is 7.05 Å². The van der Waals surface area contributed by atoms with Crippen LogP contribution in [-0.2, 0) is 7.05 Å². The van der Waals surface area contributed by atoms with Crippen molar-refractivity contribution in [3.63, 3.8) is 0 Å². The number of hydrogen-bond donors (Lipinski definition) is 2. The Hall–Kier alpha value is -1.63. The summed E-state index contributed by atoms with van der Waals surface area (Å²) in [5, 5.41) is 16.6. The molecule has 15 heavy (non-hydrogen) atoms. The number of benzene rings is 1. The van der Waals surface area contributed by atoms with Gasteiger partial charge in [0.1, 0.15) is 11.0 Å². The number of nitrogen functional groups attached to an aromatic ring is 1. The molecule has 2 rings (SSSR count). The van der Waals surface area contributed by atoms with Crippen molar-refractivity contribution in [2.75, 3.05) is 5.73 Å². The highest BCUT2D eigenvalue weighted by atomic mass is 79.9. The summed E-state index contributed by atoms with van der Waals surface area (Å²) in [7, 11) is 1.66. The highest BCUT2D eigenvalue weighted by molar-refractivity contribution is 9.10. The Kier molecular flexibility index (Phi) is 2.11. The van der Waals surface area contributed by atoms with Crippen LogP contribution in [0.2, 0.25) is 0 Å². The Morgan fingerprint density at radius 2 is 2.33 bits per heavy atom. The number of rotatable bonds is 1. The molecule has 7 heteroatoms. The van der Waals surface area contributed by atoms with E-state index in [1.807, 2.05) is 0 Å². The smallest absolute Gasteiger partial charge is 0.337 e. The topological polar surface area (TPSA) is 94.0 Å². The van der Waals surface area contributed by atoms with Crippen LogP contribution in [0, 0.1) is 0 Å². The van der Waals surface area contributed by atoms with Gasteiger partial charge in [-0.1, -0.05) is 5.21 Å². The molecule has 2 aromatic rings. The minimum atomic E-state index is -1.07. The summed E-state index contributed by atoms with van der Waals surface area (Å²) in [5.74, 6) is -1.07. The molecule has 0 saturated heterocycles. The number of anilines is 1. The second-order valence-corrected chi connectivity index (χ2v) is 3.89. The van der Waals surface area contributed by atoms with E-state index in [2.05, 4.69) is 26.2 Å². The number of carbonyl (C=O) groups is 1. The summed E-state index contributed by atoms with van der Waals surface area (Å²) in [5.41, 5.74) is 7.02. The zero-order chi connectivity index (χ0) is 11.2. The van der Waals surface area contributed by atoms with Crippen molar-refractivity contribution in [2.45, 2.75) is 0 Å². The van der Waals surface area contributed by atoms with Gasteiger partial charge in [0.15, 0.2) is 0 Å². The van der Waals surface area contributed by atoms with Crippen LogP contribution < -0.4 is 5.73 Å². The molecule has 0 unspecified atom stereocenters. The van der Waals surface area contributed by atoms with Crippen molar-refractivity contribution in [2.24, 2.45) is 7.05 Å². The Labute approximate surface area is 92.8 Å². The van der Waals surface area contributed by atoms with Gasteiger partial charge >= 0.3 is 5.97 Å². The molecule has 6 nitrogen and oxygen atoms in total. The number of nitrogens with zero attached hydrogens (tertiary/aromatic N) is 3. The highest BCUT2D eigenvalue weighted by Crippen LogP contribution is 2.29. The van der Waals surface area contributed by atoms with E-state index in [1.165, 1.54) is 10.7 Å². The maximum absolute atomic E-state index is 10.9. The standard InChI is InChI=1S/C8H7BrN4O2/c1-13-7-5(10)3(8(14)15)2-4(9)6(7)11-12-13/h2H,10H2,1H3,(H,14,15). The molecule has 1 aromatic carbocycles. The van der Waals surface area contributed by atoms with Crippen LogP contribution in [0.1, 0.15) is 10.4 Å². The lowest BCUT2D eigenvalue weighted by molar-refractivity contribution is 0.0698. The number of halogens is 1. The van der Waals surface area contributed by atoms with Gasteiger partial charge in [-0.15, -0.1) is 5.10 Å². The number of fused-ring (bicyclic) bond motifs is 1. The quantitative estimate of drug-likeness (QED) is 0.755. The van der Waals surface area contributed by atoms with Crippen LogP contribution in [0.3, 0.4) is 0 Å². The fourth-order valence-corrected chi connectivity index (χ4v) is 1.89. The van der Waals surface area contributed by atoms with Gasteiger partial charge in [-0.3, -0.25) is 0 Å². The summed E-state index contributed by atoms with van der Waals surface area (Å²) in [6, 6.07) is 1.43. The van der Waals surface area contributed by atoms with E-state index in [9.17, 15) is 4.79 Å². The van der Waals surface area contributed by atoms with Gasteiger partial charge in [-0.05, 0) is 22.0 Å². The normalized spacial score (nSPS) is 10.8. The van der Waals surface area contributed by atoms with E-state index in [-0.39, 0.29) is 11.3 Å². The molecular formula is C8H7BrN4O2. The van der Waals surface area contributed by atoms with Crippen molar-refractivity contribution in [3.05, 3.63) is 16.1 Å². The van der Waals surface area contributed by atoms with Gasteiger partial charge in [-0.25, -0.2) is 9.48 Å². The van der Waals surface area contributed by atoms with Crippen molar-refractivity contribution in [3.8, 4) is 0 Å². The Morgan fingerprint density at radius 3 is 2.93 bits per heavy atom. The summed E-state index contributed by atoms with van der Waals surface area (Å²) in [6.45, 7) is 0. The molecule has 0 fully saturated rings. The third-order valence-corrected chi connectivity index (χ3v) is 2.70. The first kappa shape index (κ1) is 9.91. The fourth-order valence-electron chi connectivity index (χ4n) is 1.40. The molecule has 0 amide bonds. The van der Waals surface area contributed by atoms with Crippen LogP contribution in [0.5, 0.6) is 0 Å². The number of carboxylic acids is 1. The van der Waals surface area contributed by atoms with Crippen LogP contribution in [0.25, 0.3) is 11.0 Å². The van der Waals surface area contributed by atoms with Crippen LogP contribution in [0.4, 0.5) is 5.69 Å². The van der Waals surface area contributed by atoms with Gasteiger partial charge in [0.2, 0.25) is 0 Å². The van der Waals surface area contributed by atoms with Gasteiger partial charge in [-0.2, -0.15) is 0 Å². The fraction of sp³-hybridized carbons (Fsp3) is 0.125. The lowest BCUT2D eigenvalue weighted by Crippen LogP contribution is -2.05. The predicted molar refractivity (Wildman–Crippen MR) is 57.6 cm³/mol. The number of aromatic carboxylic acids is 1. The maximum Gasteiger partial charge on any atom is 0.337 e. The Morgan fingerprint density at radius 1 is 1.67 bits per heavy atom. The molecule has 0 radical (unpaired) electrons. The number of aryl methyl sites for hydroxylation is 1. The van der Waals surface area contributed by atoms with Crippen molar-refractivity contribution < 1.29 is 9.90 Å². The third-order valence-electron chi connectivity index (χ3n) is 2.10. The molecule has 3 N–H and O–H groups in total. The van der Waals surface area contributed by atoms with Crippen molar-refractivity contribution in [1.29, 1.82) is 0 Å². The zero-order valence-corrected chi connectivity index (χ0v) is 9.32. The van der Waals surface area contributed by atoms with Crippen molar-refractivity contribution in [1.82, 2.24) is 15.0 Å². The van der Waals surface area contributed by atoms with Gasteiger partial charge < -0.3 is 10.8 Å². The van der Waals surface area contributed by atoms with E-state index in [0.29, 0.717) is 15.5 Å². The van der Waals surface area contributed by atoms with E-state index >= 15 is 0 Å². The third kappa shape index (κ3) is 1.35. The second-order valence-electron chi connectivity index (χ2n) is 3.04. The van der Waals surface area contributed by atoms with Crippen LogP contribution in [-0.4, -0.2) is 26.1 Å². The molecule has 0 aliphatic carbocycles. The largest absolute Gasteiger partial charge is 0.478 e. The minimum absolute atomic E-state index is 0.0415. The molecule has 1 aromatic heterocycles. The lowest BCUT2D eigenvalue weighted by Gasteiger charge is -2.04. The molecular weight excluding hydrogens is 264 g/mol. The second kappa shape index (κ2) is 3.20. The summed E-state index contributed by atoms with van der Waals surface area (Å²) >= 11 is 3.23. The SMILES string of the molecule is Cn1nnc2c(Br)cc(C(=O)O)c(N)c21. The molecule has 0 atom stereocenters. The Bertz CT molecular complexity index is 563. The lowest BCUT2D eigenvalue weighted by atomic mass is 10.1. The molecule has 78 valence electrons. The first-order chi connectivity index (χ1) is 7.02. The van der Waals surface area contributed by atoms with E-state index < -0.39 is 5.97 Å². The summed E-state index contributed by atoms with van der Waals surface area (Å²) < 4.78 is 2.01. The van der Waals surface area contributed by atoms with E-state index in [0.717, 1.165) is 0 Å². The average Bonchev–Trinajstić information content (AvgIpc) is 2.54. The van der Waals surface area contributed by atoms with Gasteiger partial charge in [0, 0.05) is 11.5 Å². The minimum Gasteiger partial charge on any atom is -0.478 e. The Balaban J connectivity index is 2.94. The number of carboxylic acid groups (broad SMARTS) is 1. The first-order valence-corrected chi connectivity index (χ1v) is 4.82. The number of aromatic nitrogens is 3. The van der Waals surface area contributed by atoms with Crippen molar-refractivity contribution >= 4 is 38.6 Å². The maximum atomic E-state index is 10.9. The monoisotopic (exact) mass is 270 g/mol.